The van der Waals surface area contributed by atoms with E-state index in [1.807, 2.05) is 13.8 Å². The first-order chi connectivity index (χ1) is 35.0. The lowest BCUT2D eigenvalue weighted by molar-refractivity contribution is -0.129. The zero-order valence-electron chi connectivity index (χ0n) is 43.3. The molecule has 1 saturated heterocycles. The molecule has 0 unspecified atom stereocenters. The number of aromatic hydroxyl groups is 1. The minimum absolute atomic E-state index is 0.0138. The molecule has 2 rings (SSSR count). The average Bonchev–Trinajstić information content (AvgIpc) is 3.36. The van der Waals surface area contributed by atoms with Gasteiger partial charge in [-0.1, -0.05) is 54.8 Å². The number of hydrogen-bond donors (Lipinski definition) is 8. The molecule has 1 heterocycles. The SMILES string of the molecule is CC[C@H](C)[C@@H]1NC(=O)CCCCC(=O)CSC[C@@H](C(=O)CC[C@@H](CCCN=C(N)N)CN[C@@H](Cc2ccc(O)cc2)C(N)=O)NCC(=O)[C@H](CCCCNC(=O)CCOCCOCCCC(=O)CBr)CCC1=O. The number of phenolic OH excluding ortho intramolecular Hbond substituents is 1. The molecule has 73 heavy (non-hydrogen) atoms. The molecule has 0 spiro atoms. The number of carbonyl (C=O) groups is 8. The Bertz CT molecular complexity index is 1870. The normalized spacial score (nSPS) is 19.1. The van der Waals surface area contributed by atoms with Gasteiger partial charge in [0.2, 0.25) is 17.7 Å². The second-order valence-electron chi connectivity index (χ2n) is 18.9. The largest absolute Gasteiger partial charge is 0.508 e. The molecule has 0 aromatic heterocycles. The first-order valence-corrected chi connectivity index (χ1v) is 28.4. The highest BCUT2D eigenvalue weighted by Crippen LogP contribution is 2.22. The van der Waals surface area contributed by atoms with Crippen LogP contribution in [0.4, 0.5) is 0 Å². The summed E-state index contributed by atoms with van der Waals surface area (Å²) in [5, 5.41) is 22.4. The lowest BCUT2D eigenvalue weighted by Gasteiger charge is -2.25. The van der Waals surface area contributed by atoms with E-state index in [0.717, 1.165) is 5.56 Å². The summed E-state index contributed by atoms with van der Waals surface area (Å²) in [6, 6.07) is 4.32. The number of primary amides is 1. The fourth-order valence-corrected chi connectivity index (χ4v) is 9.54. The van der Waals surface area contributed by atoms with Gasteiger partial charge in [0.05, 0.1) is 55.6 Å². The van der Waals surface area contributed by atoms with Gasteiger partial charge >= 0.3 is 0 Å². The summed E-state index contributed by atoms with van der Waals surface area (Å²) in [7, 11) is 0. The van der Waals surface area contributed by atoms with Gasteiger partial charge < -0.3 is 47.7 Å². The topological polar surface area (TPSA) is 314 Å². The molecule has 1 fully saturated rings. The zero-order valence-corrected chi connectivity index (χ0v) is 45.7. The molecule has 412 valence electrons. The molecule has 0 radical (unpaired) electrons. The van der Waals surface area contributed by atoms with Crippen molar-refractivity contribution in [3.8, 4) is 5.75 Å². The molecule has 1 aliphatic heterocycles. The van der Waals surface area contributed by atoms with Crippen molar-refractivity contribution in [2.24, 2.45) is 39.9 Å². The van der Waals surface area contributed by atoms with E-state index in [9.17, 15) is 43.5 Å². The number of carbonyl (C=O) groups excluding carboxylic acids is 8. The van der Waals surface area contributed by atoms with Gasteiger partial charge in [-0.15, -0.1) is 0 Å². The van der Waals surface area contributed by atoms with E-state index in [-0.39, 0.29) is 127 Å². The molecular weight excluding hydrogens is 1020 g/mol. The number of unbranched alkanes of at least 4 members (excludes halogenated alkanes) is 1. The first kappa shape index (κ1) is 64.8. The molecule has 0 aliphatic carbocycles. The van der Waals surface area contributed by atoms with Gasteiger partial charge in [0.15, 0.2) is 17.5 Å². The van der Waals surface area contributed by atoms with Gasteiger partial charge in [0, 0.05) is 69.9 Å². The van der Waals surface area contributed by atoms with Crippen molar-refractivity contribution in [2.75, 3.05) is 69.4 Å². The maximum absolute atomic E-state index is 14.2. The molecule has 11 N–H and O–H groups in total. The van der Waals surface area contributed by atoms with Gasteiger partial charge in [-0.3, -0.25) is 48.7 Å². The molecule has 0 saturated carbocycles. The van der Waals surface area contributed by atoms with Gasteiger partial charge in [0.1, 0.15) is 23.1 Å². The quantitative estimate of drug-likeness (QED) is 0.0220. The van der Waals surface area contributed by atoms with Gasteiger partial charge in [0.25, 0.3) is 0 Å². The number of rotatable bonds is 32. The summed E-state index contributed by atoms with van der Waals surface area (Å²) >= 11 is 4.45. The number of guanidine groups is 1. The van der Waals surface area contributed by atoms with Crippen LogP contribution in [0.15, 0.2) is 29.3 Å². The summed E-state index contributed by atoms with van der Waals surface area (Å²) in [5.74, 6) is -1.62. The maximum atomic E-state index is 14.2. The molecule has 21 heteroatoms. The number of halogens is 1. The number of phenols is 1. The number of ether oxygens (including phenoxy) is 2. The third-order valence-electron chi connectivity index (χ3n) is 12.9. The van der Waals surface area contributed by atoms with Crippen LogP contribution >= 0.6 is 27.7 Å². The highest BCUT2D eigenvalue weighted by Gasteiger charge is 2.29. The van der Waals surface area contributed by atoms with Crippen molar-refractivity contribution >= 4 is 80.3 Å². The highest BCUT2D eigenvalue weighted by molar-refractivity contribution is 9.09. The highest BCUT2D eigenvalue weighted by atomic mass is 79.9. The molecular formula is C52H85BrN8O11S. The fourth-order valence-electron chi connectivity index (χ4n) is 8.23. The summed E-state index contributed by atoms with van der Waals surface area (Å²) in [6.45, 7) is 6.22. The van der Waals surface area contributed by atoms with Gasteiger partial charge in [-0.05, 0) is 100 Å². The molecule has 1 aliphatic rings. The van der Waals surface area contributed by atoms with Crippen molar-refractivity contribution in [1.82, 2.24) is 21.3 Å². The Morgan fingerprint density at radius 3 is 2.32 bits per heavy atom. The van der Waals surface area contributed by atoms with Crippen LogP contribution in [-0.4, -0.2) is 145 Å². The van der Waals surface area contributed by atoms with E-state index in [2.05, 4.69) is 42.2 Å². The van der Waals surface area contributed by atoms with Gasteiger partial charge in [-0.25, -0.2) is 0 Å². The van der Waals surface area contributed by atoms with Crippen molar-refractivity contribution in [3.05, 3.63) is 29.8 Å². The average molecular weight is 1110 g/mol. The number of ketones is 5. The van der Waals surface area contributed by atoms with E-state index in [0.29, 0.717) is 122 Å². The van der Waals surface area contributed by atoms with Crippen LogP contribution in [0.25, 0.3) is 0 Å². The number of thioether (sulfide) groups is 1. The van der Waals surface area contributed by atoms with E-state index in [4.69, 9.17) is 26.7 Å². The maximum Gasteiger partial charge on any atom is 0.234 e. The Hall–Kier alpha value is -4.28. The van der Waals surface area contributed by atoms with Crippen molar-refractivity contribution in [1.29, 1.82) is 0 Å². The monoisotopic (exact) mass is 1110 g/mol. The number of Topliss-reactive ketones (excluding diaryl/α,β-unsaturated/α-hetero) is 5. The van der Waals surface area contributed by atoms with Crippen molar-refractivity contribution in [3.63, 3.8) is 0 Å². The third kappa shape index (κ3) is 30.6. The standard InChI is InChI=1S/C52H85BrN8O11S/c1-3-36(2)50-46(66)22-18-39(11-6-7-24-57-48(68)23-27-72-29-28-71-26-9-13-41(63)31-53)47(67)33-60-44(35-73-34-42(64)12-4-5-14-49(69)61-50)45(65)21-17-38(10-8-25-58-52(55)56)32-59-43(51(54)70)30-37-15-19-40(62)20-16-37/h15-16,19-20,36,38-39,43-44,50,59-60,62H,3-14,17-18,21-35H2,1-2H3,(H2,54,70)(H,57,68)(H,61,69)(H4,55,56,58)/t36-,38+,39+,43-,44-,50-/m0/s1. The minimum atomic E-state index is -0.765. The van der Waals surface area contributed by atoms with Crippen LogP contribution < -0.4 is 38.5 Å². The molecule has 6 atom stereocenters. The molecule has 19 nitrogen and oxygen atoms in total. The molecule has 1 aromatic carbocycles. The second-order valence-corrected chi connectivity index (χ2v) is 20.5. The lowest BCUT2D eigenvalue weighted by Crippen LogP contribution is -2.45. The van der Waals surface area contributed by atoms with Crippen LogP contribution in [0.5, 0.6) is 5.75 Å². The summed E-state index contributed by atoms with van der Waals surface area (Å²) in [5.41, 5.74) is 17.7. The number of nitrogens with two attached hydrogens (primary N) is 3. The number of benzene rings is 1. The lowest BCUT2D eigenvalue weighted by atomic mass is 9.87. The second kappa shape index (κ2) is 39.2. The summed E-state index contributed by atoms with van der Waals surface area (Å²) < 4.78 is 11.0. The summed E-state index contributed by atoms with van der Waals surface area (Å²) in [6.07, 6.45) is 7.38. The van der Waals surface area contributed by atoms with Crippen molar-refractivity contribution < 1.29 is 52.9 Å². The Labute approximate surface area is 445 Å². The number of aliphatic imine (C=N–C) groups is 1. The Morgan fingerprint density at radius 2 is 1.62 bits per heavy atom. The van der Waals surface area contributed by atoms with Crippen LogP contribution in [0.3, 0.4) is 0 Å². The number of nitrogens with one attached hydrogen (secondary N) is 4. The molecule has 1 aromatic rings. The number of hydrogen-bond acceptors (Lipinski definition) is 15. The Balaban J connectivity index is 2.17. The predicted octanol–water partition coefficient (Wildman–Crippen LogP) is 3.75. The van der Waals surface area contributed by atoms with Crippen molar-refractivity contribution in [2.45, 2.75) is 148 Å². The first-order valence-electron chi connectivity index (χ1n) is 26.1. The Morgan fingerprint density at radius 1 is 0.890 bits per heavy atom. The number of nitrogens with zero attached hydrogens (tertiary/aromatic N) is 1. The fraction of sp³-hybridized carbons (Fsp3) is 0.712. The molecule has 3 amide bonds. The van der Waals surface area contributed by atoms with Crippen LogP contribution in [0.1, 0.15) is 129 Å². The van der Waals surface area contributed by atoms with Crippen LogP contribution in [0.2, 0.25) is 0 Å². The smallest absolute Gasteiger partial charge is 0.234 e. The Kier molecular flexibility index (Phi) is 34.8. The van der Waals surface area contributed by atoms with E-state index < -0.39 is 30.0 Å². The third-order valence-corrected chi connectivity index (χ3v) is 14.6. The van der Waals surface area contributed by atoms with E-state index in [1.54, 1.807) is 12.1 Å². The summed E-state index contributed by atoms with van der Waals surface area (Å²) in [4.78, 5) is 109. The number of amides is 3. The minimum Gasteiger partial charge on any atom is -0.508 e. The predicted molar refractivity (Wildman–Crippen MR) is 288 cm³/mol. The van der Waals surface area contributed by atoms with Crippen LogP contribution in [0, 0.1) is 17.8 Å². The van der Waals surface area contributed by atoms with Gasteiger partial charge in [-0.2, -0.15) is 11.8 Å². The zero-order chi connectivity index (χ0) is 53.8. The molecule has 0 bridgehead atoms. The van der Waals surface area contributed by atoms with Crippen LogP contribution in [-0.2, 0) is 54.3 Å². The number of alkyl halides is 1. The van der Waals surface area contributed by atoms with E-state index in [1.165, 1.54) is 23.9 Å². The van der Waals surface area contributed by atoms with E-state index >= 15 is 0 Å².